The third kappa shape index (κ3) is 3.56. The number of halogens is 1. The second kappa shape index (κ2) is 8.48. The lowest BCUT2D eigenvalue weighted by molar-refractivity contribution is 0.0969. The molecule has 3 heterocycles. The fourth-order valence-corrected chi connectivity index (χ4v) is 5.56. The molecule has 0 radical (unpaired) electrons. The second-order valence-corrected chi connectivity index (χ2v) is 9.76. The first-order chi connectivity index (χ1) is 16.3. The van der Waals surface area contributed by atoms with Crippen molar-refractivity contribution in [2.45, 2.75) is 26.8 Å². The molecule has 0 N–H and O–H groups in total. The van der Waals surface area contributed by atoms with Crippen LogP contribution in [-0.4, -0.2) is 23.3 Å². The Balaban J connectivity index is 1.79. The standard InChI is InChI=1S/C25H19BrN2O5S/c1-4-32-16-7-5-6-14(10-16)20-19-21(30)17-11-15(26)8-9-18(17)33-22(19)24(31)28(20)25-27-12(2)23(34-25)13(3)29/h5-11,20H,4H2,1-3H3. The van der Waals surface area contributed by atoms with Crippen LogP contribution in [0.25, 0.3) is 11.0 Å². The van der Waals surface area contributed by atoms with Gasteiger partial charge in [-0.15, -0.1) is 0 Å². The zero-order valence-electron chi connectivity index (χ0n) is 18.5. The lowest BCUT2D eigenvalue weighted by Crippen LogP contribution is -2.29. The lowest BCUT2D eigenvalue weighted by Gasteiger charge is -2.23. The van der Waals surface area contributed by atoms with Crippen molar-refractivity contribution in [2.24, 2.45) is 0 Å². The highest BCUT2D eigenvalue weighted by Crippen LogP contribution is 2.43. The summed E-state index contributed by atoms with van der Waals surface area (Å²) in [5.41, 5.74) is 1.48. The summed E-state index contributed by atoms with van der Waals surface area (Å²) in [5.74, 6) is -0.0185. The molecule has 0 bridgehead atoms. The number of Topliss-reactive ketones (excluding diaryl/α,β-unsaturated/α-hetero) is 1. The Morgan fingerprint density at radius 2 is 2.03 bits per heavy atom. The van der Waals surface area contributed by atoms with Crippen LogP contribution in [0.1, 0.15) is 56.9 Å². The van der Waals surface area contributed by atoms with Gasteiger partial charge in [-0.2, -0.15) is 0 Å². The molecule has 1 aliphatic heterocycles. The number of aromatic nitrogens is 1. The van der Waals surface area contributed by atoms with Gasteiger partial charge in [0.25, 0.3) is 5.91 Å². The van der Waals surface area contributed by atoms with Gasteiger partial charge in [0, 0.05) is 11.4 Å². The Morgan fingerprint density at radius 3 is 2.74 bits per heavy atom. The van der Waals surface area contributed by atoms with Crippen LogP contribution in [0.4, 0.5) is 5.13 Å². The molecule has 1 atom stereocenters. The van der Waals surface area contributed by atoms with Crippen LogP contribution >= 0.6 is 27.3 Å². The first-order valence-corrected chi connectivity index (χ1v) is 12.2. The van der Waals surface area contributed by atoms with Crippen LogP contribution in [0.15, 0.2) is 56.1 Å². The highest BCUT2D eigenvalue weighted by atomic mass is 79.9. The molecule has 0 aliphatic carbocycles. The van der Waals surface area contributed by atoms with Crippen molar-refractivity contribution in [3.05, 3.63) is 84.6 Å². The summed E-state index contributed by atoms with van der Waals surface area (Å²) < 4.78 is 12.4. The van der Waals surface area contributed by atoms with Crippen molar-refractivity contribution >= 4 is 55.1 Å². The molecule has 4 aromatic rings. The van der Waals surface area contributed by atoms with E-state index in [2.05, 4.69) is 20.9 Å². The van der Waals surface area contributed by atoms with Crippen LogP contribution < -0.4 is 15.1 Å². The Hall–Kier alpha value is -3.30. The first kappa shape index (κ1) is 22.5. The Morgan fingerprint density at radius 1 is 1.24 bits per heavy atom. The lowest BCUT2D eigenvalue weighted by atomic mass is 9.98. The summed E-state index contributed by atoms with van der Waals surface area (Å²) in [7, 11) is 0. The van der Waals surface area contributed by atoms with E-state index in [4.69, 9.17) is 9.15 Å². The SMILES string of the molecule is CCOc1cccc(C2c3c(oc4ccc(Br)cc4c3=O)C(=O)N2c2nc(C)c(C(C)=O)s2)c1. The second-order valence-electron chi connectivity index (χ2n) is 7.86. The van der Waals surface area contributed by atoms with Crippen molar-refractivity contribution in [2.75, 3.05) is 11.5 Å². The number of carbonyl (C=O) groups is 2. The summed E-state index contributed by atoms with van der Waals surface area (Å²) in [4.78, 5) is 45.9. The number of nitrogens with zero attached hydrogens (tertiary/aromatic N) is 2. The van der Waals surface area contributed by atoms with Gasteiger partial charge in [0.05, 0.1) is 34.2 Å². The average Bonchev–Trinajstić information content (AvgIpc) is 3.32. The zero-order chi connectivity index (χ0) is 24.1. The number of fused-ring (bicyclic) bond motifs is 2. The summed E-state index contributed by atoms with van der Waals surface area (Å²) in [5, 5.41) is 0.698. The van der Waals surface area contributed by atoms with Crippen molar-refractivity contribution < 1.29 is 18.7 Å². The fraction of sp³-hybridized carbons (Fsp3) is 0.200. The van der Waals surface area contributed by atoms with Gasteiger partial charge in [-0.05, 0) is 49.7 Å². The molecule has 2 aromatic carbocycles. The molecule has 0 spiro atoms. The van der Waals surface area contributed by atoms with Gasteiger partial charge in [-0.1, -0.05) is 39.4 Å². The van der Waals surface area contributed by atoms with Gasteiger partial charge in [0.1, 0.15) is 11.3 Å². The Kier molecular flexibility index (Phi) is 5.61. The van der Waals surface area contributed by atoms with Gasteiger partial charge < -0.3 is 9.15 Å². The maximum atomic E-state index is 13.7. The topological polar surface area (TPSA) is 89.7 Å². The minimum absolute atomic E-state index is 0.0242. The van der Waals surface area contributed by atoms with Crippen LogP contribution in [-0.2, 0) is 0 Å². The molecular weight excluding hydrogens is 520 g/mol. The van der Waals surface area contributed by atoms with Gasteiger partial charge in [0.15, 0.2) is 16.3 Å². The summed E-state index contributed by atoms with van der Waals surface area (Å²) in [6.45, 7) is 5.54. The molecule has 2 aromatic heterocycles. The molecule has 34 heavy (non-hydrogen) atoms. The van der Waals surface area contributed by atoms with Crippen LogP contribution in [0, 0.1) is 6.92 Å². The molecule has 0 saturated carbocycles. The van der Waals surface area contributed by atoms with Gasteiger partial charge in [-0.3, -0.25) is 19.3 Å². The van der Waals surface area contributed by atoms with E-state index in [0.717, 1.165) is 15.8 Å². The van der Waals surface area contributed by atoms with Gasteiger partial charge in [0.2, 0.25) is 5.76 Å². The zero-order valence-corrected chi connectivity index (χ0v) is 21.0. The number of benzene rings is 2. The van der Waals surface area contributed by atoms with E-state index in [1.807, 2.05) is 25.1 Å². The number of hydrogen-bond donors (Lipinski definition) is 0. The van der Waals surface area contributed by atoms with E-state index in [-0.39, 0.29) is 22.5 Å². The minimum atomic E-state index is -0.784. The number of ketones is 1. The number of ether oxygens (including phenoxy) is 1. The molecule has 9 heteroatoms. The molecule has 0 saturated heterocycles. The number of amides is 1. The first-order valence-electron chi connectivity index (χ1n) is 10.6. The fourth-order valence-electron chi connectivity index (χ4n) is 4.21. The predicted molar refractivity (Wildman–Crippen MR) is 133 cm³/mol. The van der Waals surface area contributed by atoms with Crippen LogP contribution in [0.3, 0.4) is 0 Å². The summed E-state index contributed by atoms with van der Waals surface area (Å²) in [6, 6.07) is 11.6. The van der Waals surface area contributed by atoms with Crippen molar-refractivity contribution in [3.63, 3.8) is 0 Å². The number of hydrogen-bond acceptors (Lipinski definition) is 7. The monoisotopic (exact) mass is 538 g/mol. The van der Waals surface area contributed by atoms with E-state index in [0.29, 0.717) is 44.6 Å². The van der Waals surface area contributed by atoms with E-state index in [1.165, 1.54) is 11.8 Å². The number of carbonyl (C=O) groups excluding carboxylic acids is 2. The van der Waals surface area contributed by atoms with Crippen LogP contribution in [0.2, 0.25) is 0 Å². The molecule has 5 rings (SSSR count). The smallest absolute Gasteiger partial charge is 0.297 e. The third-order valence-electron chi connectivity index (χ3n) is 5.63. The minimum Gasteiger partial charge on any atom is -0.494 e. The van der Waals surface area contributed by atoms with E-state index >= 15 is 0 Å². The van der Waals surface area contributed by atoms with Gasteiger partial charge in [-0.25, -0.2) is 4.98 Å². The number of aryl methyl sites for hydroxylation is 1. The van der Waals surface area contributed by atoms with Crippen molar-refractivity contribution in [1.82, 2.24) is 4.98 Å². The van der Waals surface area contributed by atoms with Crippen molar-refractivity contribution in [3.8, 4) is 5.75 Å². The maximum Gasteiger partial charge on any atom is 0.297 e. The molecular formula is C25H19BrN2O5S. The predicted octanol–water partition coefficient (Wildman–Crippen LogP) is 5.67. The maximum absolute atomic E-state index is 13.7. The van der Waals surface area contributed by atoms with Crippen molar-refractivity contribution in [1.29, 1.82) is 0 Å². The van der Waals surface area contributed by atoms with E-state index < -0.39 is 11.9 Å². The highest BCUT2D eigenvalue weighted by Gasteiger charge is 2.45. The molecule has 0 fully saturated rings. The molecule has 1 amide bonds. The number of rotatable bonds is 5. The summed E-state index contributed by atoms with van der Waals surface area (Å²) >= 11 is 4.53. The molecule has 1 unspecified atom stereocenters. The Labute approximate surface area is 207 Å². The van der Waals surface area contributed by atoms with Gasteiger partial charge >= 0.3 is 0 Å². The number of thiazole rings is 1. The highest BCUT2D eigenvalue weighted by molar-refractivity contribution is 9.10. The molecule has 172 valence electrons. The quantitative estimate of drug-likeness (QED) is 0.304. The van der Waals surface area contributed by atoms with Crippen LogP contribution in [0.5, 0.6) is 5.75 Å². The third-order valence-corrected chi connectivity index (χ3v) is 7.38. The molecule has 7 nitrogen and oxygen atoms in total. The number of anilines is 1. The van der Waals surface area contributed by atoms with E-state index in [9.17, 15) is 14.4 Å². The largest absolute Gasteiger partial charge is 0.494 e. The normalized spacial score (nSPS) is 15.1. The molecule has 1 aliphatic rings. The Bertz CT molecular complexity index is 1540. The summed E-state index contributed by atoms with van der Waals surface area (Å²) in [6.07, 6.45) is 0. The van der Waals surface area contributed by atoms with E-state index in [1.54, 1.807) is 31.2 Å². The average molecular weight is 539 g/mol.